The molecular formula is C44H44Br2OSi2. The highest BCUT2D eigenvalue weighted by Gasteiger charge is 2.61. The first kappa shape index (κ1) is 35.5. The first-order valence-corrected chi connectivity index (χ1v) is 22.3. The van der Waals surface area contributed by atoms with Crippen molar-refractivity contribution in [2.75, 3.05) is 0 Å². The third-order valence-corrected chi connectivity index (χ3v) is 22.1. The monoisotopic (exact) mass is 802 g/mol. The number of benzene rings is 6. The molecule has 0 N–H and O–H groups in total. The smallest absolute Gasteiger partial charge is 0.251 e. The van der Waals surface area contributed by atoms with E-state index in [0.29, 0.717) is 0 Å². The summed E-state index contributed by atoms with van der Waals surface area (Å²) in [5.74, 6) is 0. The quantitative estimate of drug-likeness (QED) is 0.139. The molecule has 0 saturated carbocycles. The maximum absolute atomic E-state index is 8.73. The second-order valence-electron chi connectivity index (χ2n) is 14.8. The Hall–Kier alpha value is -3.33. The van der Waals surface area contributed by atoms with Crippen molar-refractivity contribution in [1.29, 1.82) is 0 Å². The molecule has 2 unspecified atom stereocenters. The summed E-state index contributed by atoms with van der Waals surface area (Å²) in [5, 5.41) is 4.67. The standard InChI is InChI=1S/C44H44Br2OSi2/c1-43(2,3)48(37-17-9-7-10-18-37,41-23-15-13-21-39(41)33-25-29-35(45)30-26-33)47-49(44(4,5)6,38-19-11-8-12-20-38)42-24-16-14-22-40(42)34-27-31-36(46)32-28-34/h7-32H,1-6H3. The van der Waals surface area contributed by atoms with Crippen LogP contribution in [0.2, 0.25) is 10.1 Å². The van der Waals surface area contributed by atoms with Crippen LogP contribution in [0.5, 0.6) is 0 Å². The zero-order chi connectivity index (χ0) is 34.9. The highest BCUT2D eigenvalue weighted by atomic mass is 79.9. The van der Waals surface area contributed by atoms with Gasteiger partial charge in [0, 0.05) is 8.95 Å². The van der Waals surface area contributed by atoms with E-state index in [2.05, 4.69) is 231 Å². The van der Waals surface area contributed by atoms with E-state index >= 15 is 0 Å². The molecule has 0 fully saturated rings. The zero-order valence-corrected chi connectivity index (χ0v) is 34.3. The van der Waals surface area contributed by atoms with E-state index in [1.807, 2.05) is 0 Å². The number of halogens is 2. The molecule has 49 heavy (non-hydrogen) atoms. The average Bonchev–Trinajstić information content (AvgIpc) is 3.09. The van der Waals surface area contributed by atoms with E-state index in [9.17, 15) is 0 Å². The summed E-state index contributed by atoms with van der Waals surface area (Å²) in [6.45, 7) is 14.4. The highest BCUT2D eigenvalue weighted by Crippen LogP contribution is 2.46. The van der Waals surface area contributed by atoms with Crippen LogP contribution >= 0.6 is 31.9 Å². The molecule has 0 saturated heterocycles. The zero-order valence-electron chi connectivity index (χ0n) is 29.2. The van der Waals surface area contributed by atoms with Gasteiger partial charge in [-0.25, -0.2) is 0 Å². The van der Waals surface area contributed by atoms with Crippen molar-refractivity contribution in [3.8, 4) is 22.3 Å². The van der Waals surface area contributed by atoms with E-state index in [4.69, 9.17) is 4.12 Å². The molecule has 6 rings (SSSR count). The van der Waals surface area contributed by atoms with Crippen molar-refractivity contribution in [1.82, 2.24) is 0 Å². The van der Waals surface area contributed by atoms with Crippen LogP contribution in [-0.2, 0) is 4.12 Å². The van der Waals surface area contributed by atoms with Crippen molar-refractivity contribution in [2.24, 2.45) is 0 Å². The van der Waals surface area contributed by atoms with Crippen LogP contribution in [0, 0.1) is 0 Å². The molecule has 0 bridgehead atoms. The Morgan fingerprint density at radius 1 is 0.388 bits per heavy atom. The average molecular weight is 805 g/mol. The van der Waals surface area contributed by atoms with Crippen molar-refractivity contribution in [3.05, 3.63) is 167 Å². The lowest BCUT2D eigenvalue weighted by Crippen LogP contribution is -2.78. The van der Waals surface area contributed by atoms with Crippen LogP contribution < -0.4 is 20.7 Å². The molecule has 0 aromatic heterocycles. The van der Waals surface area contributed by atoms with Crippen LogP contribution in [0.25, 0.3) is 22.3 Å². The van der Waals surface area contributed by atoms with Gasteiger partial charge in [-0.05, 0) is 77.3 Å². The summed E-state index contributed by atoms with van der Waals surface area (Å²) >= 11 is 7.35. The topological polar surface area (TPSA) is 9.23 Å². The Labute approximate surface area is 311 Å². The molecule has 5 heteroatoms. The molecule has 6 aromatic rings. The SMILES string of the molecule is CC(C)(C)[Si](O[Si](c1ccccc1)(c1ccccc1-c1ccc(Br)cc1)C(C)(C)C)(c1ccccc1)c1ccccc1-c1ccc(Br)cc1. The molecule has 0 aliphatic rings. The Balaban J connectivity index is 1.78. The predicted molar refractivity (Wildman–Crippen MR) is 223 cm³/mol. The molecule has 2 atom stereocenters. The van der Waals surface area contributed by atoms with Crippen LogP contribution in [0.1, 0.15) is 41.5 Å². The fourth-order valence-corrected chi connectivity index (χ4v) is 21.2. The third-order valence-electron chi connectivity index (χ3n) is 9.70. The van der Waals surface area contributed by atoms with E-state index in [0.717, 1.165) is 8.95 Å². The minimum Gasteiger partial charge on any atom is -0.441 e. The van der Waals surface area contributed by atoms with Crippen LogP contribution in [0.4, 0.5) is 0 Å². The molecular weight excluding hydrogens is 760 g/mol. The molecule has 248 valence electrons. The van der Waals surface area contributed by atoms with Crippen molar-refractivity contribution < 1.29 is 4.12 Å². The lowest BCUT2D eigenvalue weighted by molar-refractivity contribution is 0.475. The molecule has 0 aliphatic carbocycles. The first-order chi connectivity index (χ1) is 23.4. The largest absolute Gasteiger partial charge is 0.441 e. The van der Waals surface area contributed by atoms with Gasteiger partial charge in [0.25, 0.3) is 16.6 Å². The summed E-state index contributed by atoms with van der Waals surface area (Å²) in [5.41, 5.74) is 4.84. The molecule has 0 aliphatic heterocycles. The summed E-state index contributed by atoms with van der Waals surface area (Å²) in [6, 6.07) is 57.8. The molecule has 0 spiro atoms. The van der Waals surface area contributed by atoms with Gasteiger partial charge < -0.3 is 4.12 Å². The van der Waals surface area contributed by atoms with Gasteiger partial charge in [0.2, 0.25) is 0 Å². The Morgan fingerprint density at radius 2 is 0.694 bits per heavy atom. The second-order valence-corrected chi connectivity index (χ2v) is 25.4. The maximum Gasteiger partial charge on any atom is 0.251 e. The van der Waals surface area contributed by atoms with Gasteiger partial charge in [-0.15, -0.1) is 0 Å². The molecule has 0 radical (unpaired) electrons. The van der Waals surface area contributed by atoms with Crippen LogP contribution in [-0.4, -0.2) is 16.6 Å². The number of hydrogen-bond acceptors (Lipinski definition) is 1. The molecule has 0 heterocycles. The molecule has 6 aromatic carbocycles. The van der Waals surface area contributed by atoms with Crippen molar-refractivity contribution in [2.45, 2.75) is 51.6 Å². The van der Waals surface area contributed by atoms with E-state index in [-0.39, 0.29) is 10.1 Å². The first-order valence-electron chi connectivity index (χ1n) is 16.9. The summed E-state index contributed by atoms with van der Waals surface area (Å²) in [4.78, 5) is 0. The summed E-state index contributed by atoms with van der Waals surface area (Å²) < 4.78 is 10.9. The van der Waals surface area contributed by atoms with Gasteiger partial charge in [-0.2, -0.15) is 0 Å². The van der Waals surface area contributed by atoms with Crippen LogP contribution in [0.15, 0.2) is 167 Å². The van der Waals surface area contributed by atoms with E-state index in [1.54, 1.807) is 0 Å². The minimum atomic E-state index is -3.19. The lowest BCUT2D eigenvalue weighted by atomic mass is 10.1. The Bertz CT molecular complexity index is 1870. The number of hydrogen-bond donors (Lipinski definition) is 0. The van der Waals surface area contributed by atoms with Gasteiger partial charge in [-0.1, -0.05) is 207 Å². The Morgan fingerprint density at radius 3 is 1.02 bits per heavy atom. The van der Waals surface area contributed by atoms with Gasteiger partial charge in [-0.3, -0.25) is 0 Å². The summed E-state index contributed by atoms with van der Waals surface area (Å²) in [7, 11) is -6.38. The maximum atomic E-state index is 8.73. The molecule has 0 amide bonds. The van der Waals surface area contributed by atoms with Gasteiger partial charge in [0.15, 0.2) is 0 Å². The minimum absolute atomic E-state index is 0.245. The van der Waals surface area contributed by atoms with E-state index in [1.165, 1.54) is 43.0 Å². The normalized spacial score (nSPS) is 14.5. The molecule has 1 nitrogen and oxygen atoms in total. The third kappa shape index (κ3) is 6.64. The van der Waals surface area contributed by atoms with E-state index < -0.39 is 16.6 Å². The van der Waals surface area contributed by atoms with Crippen LogP contribution in [0.3, 0.4) is 0 Å². The highest BCUT2D eigenvalue weighted by molar-refractivity contribution is 9.10. The number of rotatable bonds is 8. The second kappa shape index (κ2) is 14.1. The fourth-order valence-electron chi connectivity index (χ4n) is 7.44. The van der Waals surface area contributed by atoms with Crippen molar-refractivity contribution >= 4 is 69.2 Å². The van der Waals surface area contributed by atoms with Crippen molar-refractivity contribution in [3.63, 3.8) is 0 Å². The lowest BCUT2D eigenvalue weighted by Gasteiger charge is -2.54. The Kier molecular flexibility index (Phi) is 10.2. The van der Waals surface area contributed by atoms with Gasteiger partial charge >= 0.3 is 0 Å². The van der Waals surface area contributed by atoms with Gasteiger partial charge in [0.1, 0.15) is 0 Å². The summed E-state index contributed by atoms with van der Waals surface area (Å²) in [6.07, 6.45) is 0. The predicted octanol–water partition coefficient (Wildman–Crippen LogP) is 11.0. The van der Waals surface area contributed by atoms with Gasteiger partial charge in [0.05, 0.1) is 0 Å². The fraction of sp³-hybridized carbons (Fsp3) is 0.182.